The van der Waals surface area contributed by atoms with Crippen LogP contribution in [0.5, 0.6) is 0 Å². The maximum absolute atomic E-state index is 12.2. The summed E-state index contributed by atoms with van der Waals surface area (Å²) in [6.07, 6.45) is 6.57. The third kappa shape index (κ3) is 7.85. The second kappa shape index (κ2) is 13.3. The third-order valence-electron chi connectivity index (χ3n) is 5.70. The first-order valence-corrected chi connectivity index (χ1v) is 12.8. The van der Waals surface area contributed by atoms with Crippen molar-refractivity contribution in [3.05, 3.63) is 76.5 Å². The molecule has 1 fully saturated rings. The average molecular weight is 538 g/mol. The molecule has 2 heterocycles. The molecule has 1 saturated heterocycles. The zero-order valence-electron chi connectivity index (χ0n) is 18.5. The van der Waals surface area contributed by atoms with Crippen molar-refractivity contribution in [2.24, 2.45) is 5.92 Å². The summed E-state index contributed by atoms with van der Waals surface area (Å²) in [6, 6.07) is 16.3. The summed E-state index contributed by atoms with van der Waals surface area (Å²) in [5.74, 6) is 0.874. The Morgan fingerprint density at radius 3 is 2.56 bits per heavy atom. The highest BCUT2D eigenvalue weighted by atomic mass is 35.5. The maximum Gasteiger partial charge on any atom is 0.230 e. The van der Waals surface area contributed by atoms with E-state index in [1.165, 1.54) is 17.3 Å². The normalized spacial score (nSPS) is 17.2. The average Bonchev–Trinajstić information content (AvgIpc) is 3.28. The third-order valence-corrected chi connectivity index (χ3v) is 7.32. The lowest BCUT2D eigenvalue weighted by atomic mass is 9.96. The number of nitrogens with one attached hydrogen (secondary N) is 2. The van der Waals surface area contributed by atoms with Crippen molar-refractivity contribution < 1.29 is 4.79 Å². The van der Waals surface area contributed by atoms with Gasteiger partial charge in [-0.1, -0.05) is 71.4 Å². The van der Waals surface area contributed by atoms with E-state index in [9.17, 15) is 4.79 Å². The highest BCUT2D eigenvalue weighted by molar-refractivity contribution is 7.99. The quantitative estimate of drug-likeness (QED) is 0.271. The first kappa shape index (κ1) is 26.8. The second-order valence-electron chi connectivity index (χ2n) is 8.21. The Morgan fingerprint density at radius 2 is 1.82 bits per heavy atom. The van der Waals surface area contributed by atoms with E-state index in [4.69, 9.17) is 23.2 Å². The molecule has 0 aliphatic carbocycles. The molecule has 0 radical (unpaired) electrons. The molecule has 0 spiro atoms. The summed E-state index contributed by atoms with van der Waals surface area (Å²) in [7, 11) is 0. The molecule has 2 atom stereocenters. The van der Waals surface area contributed by atoms with Gasteiger partial charge in [0, 0.05) is 30.5 Å². The van der Waals surface area contributed by atoms with Gasteiger partial charge in [-0.2, -0.15) is 0 Å². The molecule has 1 amide bonds. The van der Waals surface area contributed by atoms with Gasteiger partial charge < -0.3 is 10.6 Å². The fraction of sp³-hybridized carbons (Fsp3) is 0.320. The summed E-state index contributed by atoms with van der Waals surface area (Å²) in [5, 5.41) is 8.38. The number of halogens is 3. The van der Waals surface area contributed by atoms with Crippen LogP contribution in [0.1, 0.15) is 18.4 Å². The molecule has 9 heteroatoms. The van der Waals surface area contributed by atoms with Crippen molar-refractivity contribution in [3.8, 4) is 11.1 Å². The van der Waals surface area contributed by atoms with Crippen LogP contribution in [0.4, 0.5) is 0 Å². The van der Waals surface area contributed by atoms with Crippen molar-refractivity contribution in [2.45, 2.75) is 30.5 Å². The molecule has 2 aromatic carbocycles. The standard InChI is InChI=1S/C25H26Cl2N4OS.ClH/c26-22-7-6-17(12-23(22)27)10-18-11-21(29-13-18)8-9-28-24(32)16-33-25-30-14-20(15-31-25)19-4-2-1-3-5-19;/h1-7,12,14-15,18,21,29H,8-11,13,16H2,(H,28,32);1H. The van der Waals surface area contributed by atoms with Crippen molar-refractivity contribution in [3.63, 3.8) is 0 Å². The van der Waals surface area contributed by atoms with Crippen LogP contribution in [-0.2, 0) is 11.2 Å². The van der Waals surface area contributed by atoms with Gasteiger partial charge in [0.15, 0.2) is 5.16 Å². The van der Waals surface area contributed by atoms with Gasteiger partial charge in [0.25, 0.3) is 0 Å². The fourth-order valence-corrected chi connectivity index (χ4v) is 4.95. The zero-order chi connectivity index (χ0) is 23.0. The molecular weight excluding hydrogens is 511 g/mol. The smallest absolute Gasteiger partial charge is 0.230 e. The van der Waals surface area contributed by atoms with Gasteiger partial charge in [-0.25, -0.2) is 9.97 Å². The number of hydrogen-bond donors (Lipinski definition) is 2. The Labute approximate surface area is 220 Å². The maximum atomic E-state index is 12.2. The van der Waals surface area contributed by atoms with E-state index in [0.29, 0.717) is 39.5 Å². The Hall–Kier alpha value is -1.83. The van der Waals surface area contributed by atoms with Crippen molar-refractivity contribution in [1.29, 1.82) is 0 Å². The molecule has 0 bridgehead atoms. The zero-order valence-corrected chi connectivity index (χ0v) is 21.7. The molecule has 1 aliphatic rings. The molecule has 0 saturated carbocycles. The van der Waals surface area contributed by atoms with E-state index in [1.54, 1.807) is 12.4 Å². The summed E-state index contributed by atoms with van der Waals surface area (Å²) in [4.78, 5) is 21.0. The van der Waals surface area contributed by atoms with E-state index in [2.05, 4.69) is 20.6 Å². The number of hydrogen-bond acceptors (Lipinski definition) is 5. The highest BCUT2D eigenvalue weighted by Gasteiger charge is 2.24. The van der Waals surface area contributed by atoms with Crippen LogP contribution in [-0.4, -0.2) is 40.8 Å². The van der Waals surface area contributed by atoms with Crippen LogP contribution >= 0.6 is 47.4 Å². The van der Waals surface area contributed by atoms with Crippen LogP contribution in [0.25, 0.3) is 11.1 Å². The van der Waals surface area contributed by atoms with E-state index in [1.807, 2.05) is 48.5 Å². The van der Waals surface area contributed by atoms with Crippen molar-refractivity contribution in [2.75, 3.05) is 18.8 Å². The molecule has 5 nitrogen and oxygen atoms in total. The van der Waals surface area contributed by atoms with Crippen LogP contribution in [0.2, 0.25) is 10.0 Å². The molecule has 1 aromatic heterocycles. The predicted octanol–water partition coefficient (Wildman–Crippen LogP) is 5.69. The summed E-state index contributed by atoms with van der Waals surface area (Å²) in [5.41, 5.74) is 3.25. The molecule has 2 unspecified atom stereocenters. The first-order chi connectivity index (χ1) is 16.1. The van der Waals surface area contributed by atoms with Gasteiger partial charge >= 0.3 is 0 Å². The predicted molar refractivity (Wildman–Crippen MR) is 143 cm³/mol. The summed E-state index contributed by atoms with van der Waals surface area (Å²) in [6.45, 7) is 1.63. The van der Waals surface area contributed by atoms with Gasteiger partial charge in [0.1, 0.15) is 0 Å². The van der Waals surface area contributed by atoms with Crippen LogP contribution in [0.3, 0.4) is 0 Å². The fourth-order valence-electron chi connectivity index (χ4n) is 4.02. The molecule has 180 valence electrons. The van der Waals surface area contributed by atoms with E-state index in [-0.39, 0.29) is 18.3 Å². The van der Waals surface area contributed by atoms with Crippen LogP contribution in [0.15, 0.2) is 66.1 Å². The number of thioether (sulfide) groups is 1. The molecule has 1 aliphatic heterocycles. The Kier molecular flexibility index (Phi) is 10.5. The number of carbonyl (C=O) groups is 1. The number of aromatic nitrogens is 2. The molecule has 34 heavy (non-hydrogen) atoms. The lowest BCUT2D eigenvalue weighted by Crippen LogP contribution is -2.31. The lowest BCUT2D eigenvalue weighted by molar-refractivity contribution is -0.118. The van der Waals surface area contributed by atoms with Gasteiger partial charge in [0.2, 0.25) is 5.91 Å². The minimum Gasteiger partial charge on any atom is -0.355 e. The second-order valence-corrected chi connectivity index (χ2v) is 9.96. The molecule has 4 rings (SSSR count). The Morgan fingerprint density at radius 1 is 1.06 bits per heavy atom. The van der Waals surface area contributed by atoms with Gasteiger partial charge in [-0.05, 0) is 55.0 Å². The van der Waals surface area contributed by atoms with Crippen LogP contribution < -0.4 is 10.6 Å². The summed E-state index contributed by atoms with van der Waals surface area (Å²) < 4.78 is 0. The van der Waals surface area contributed by atoms with Gasteiger partial charge in [-0.3, -0.25) is 4.79 Å². The molecule has 2 N–H and O–H groups in total. The topological polar surface area (TPSA) is 66.9 Å². The van der Waals surface area contributed by atoms with E-state index < -0.39 is 0 Å². The van der Waals surface area contributed by atoms with Gasteiger partial charge in [0.05, 0.1) is 15.8 Å². The number of amides is 1. The van der Waals surface area contributed by atoms with E-state index in [0.717, 1.165) is 36.9 Å². The van der Waals surface area contributed by atoms with Gasteiger partial charge in [-0.15, -0.1) is 12.4 Å². The van der Waals surface area contributed by atoms with Crippen molar-refractivity contribution >= 4 is 53.3 Å². The Bertz CT molecular complexity index is 1070. The SMILES string of the molecule is Cl.O=C(CSc1ncc(-c2ccccc2)cn1)NCCC1CC(Cc2ccc(Cl)c(Cl)c2)CN1. The van der Waals surface area contributed by atoms with Crippen LogP contribution in [0, 0.1) is 5.92 Å². The highest BCUT2D eigenvalue weighted by Crippen LogP contribution is 2.26. The van der Waals surface area contributed by atoms with E-state index >= 15 is 0 Å². The lowest BCUT2D eigenvalue weighted by Gasteiger charge is -2.12. The van der Waals surface area contributed by atoms with Crippen molar-refractivity contribution in [1.82, 2.24) is 20.6 Å². The molecule has 3 aromatic rings. The number of nitrogens with zero attached hydrogens (tertiary/aromatic N) is 2. The minimum absolute atomic E-state index is 0. The molecular formula is C25H27Cl3N4OS. The largest absolute Gasteiger partial charge is 0.355 e. The minimum atomic E-state index is 0. The number of benzene rings is 2. The Balaban J connectivity index is 0.00000324. The monoisotopic (exact) mass is 536 g/mol. The first-order valence-electron chi connectivity index (χ1n) is 11.0. The number of rotatable bonds is 9. The number of carbonyl (C=O) groups excluding carboxylic acids is 1. The summed E-state index contributed by atoms with van der Waals surface area (Å²) >= 11 is 13.5.